The Morgan fingerprint density at radius 1 is 1.67 bits per heavy atom. The molecule has 2 heterocycles. The lowest BCUT2D eigenvalue weighted by molar-refractivity contribution is 0.0778. The van der Waals surface area contributed by atoms with Gasteiger partial charge in [0, 0.05) is 25.8 Å². The zero-order valence-corrected chi connectivity index (χ0v) is 10.4. The van der Waals surface area contributed by atoms with E-state index in [4.69, 9.17) is 5.26 Å². The molecular formula is C13H16N4O. The van der Waals surface area contributed by atoms with Crippen LogP contribution in [0.1, 0.15) is 28.9 Å². The zero-order chi connectivity index (χ0) is 13.0. The van der Waals surface area contributed by atoms with Gasteiger partial charge in [0.15, 0.2) is 0 Å². The van der Waals surface area contributed by atoms with Crippen molar-refractivity contribution in [1.82, 2.24) is 15.2 Å². The Morgan fingerprint density at radius 3 is 3.06 bits per heavy atom. The summed E-state index contributed by atoms with van der Waals surface area (Å²) in [4.78, 5) is 17.8. The quantitative estimate of drug-likeness (QED) is 0.853. The highest BCUT2D eigenvalue weighted by atomic mass is 16.2. The second-order valence-corrected chi connectivity index (χ2v) is 4.52. The first kappa shape index (κ1) is 12.5. The Morgan fingerprint density at radius 2 is 2.50 bits per heavy atom. The summed E-state index contributed by atoms with van der Waals surface area (Å²) in [5, 5.41) is 12.0. The van der Waals surface area contributed by atoms with Crippen LogP contribution in [0.2, 0.25) is 0 Å². The van der Waals surface area contributed by atoms with E-state index in [-0.39, 0.29) is 5.91 Å². The van der Waals surface area contributed by atoms with Crippen molar-refractivity contribution in [3.63, 3.8) is 0 Å². The average molecular weight is 244 g/mol. The molecule has 5 heteroatoms. The smallest absolute Gasteiger partial charge is 0.272 e. The summed E-state index contributed by atoms with van der Waals surface area (Å²) in [5.41, 5.74) is 0.848. The number of pyridine rings is 1. The number of rotatable bonds is 3. The molecule has 1 aliphatic rings. The van der Waals surface area contributed by atoms with Crippen LogP contribution in [0.4, 0.5) is 0 Å². The molecule has 1 unspecified atom stereocenters. The lowest BCUT2D eigenvalue weighted by atomic mass is 10.2. The van der Waals surface area contributed by atoms with Crippen molar-refractivity contribution >= 4 is 5.91 Å². The summed E-state index contributed by atoms with van der Waals surface area (Å²) in [6.45, 7) is 1.72. The van der Waals surface area contributed by atoms with Crippen molar-refractivity contribution in [3.8, 4) is 6.07 Å². The first-order chi connectivity index (χ1) is 8.70. The molecule has 0 radical (unpaired) electrons. The first-order valence-corrected chi connectivity index (χ1v) is 6.05. The van der Waals surface area contributed by atoms with Gasteiger partial charge in [0.05, 0.1) is 5.56 Å². The minimum absolute atomic E-state index is 0.104. The molecule has 0 saturated carbocycles. The summed E-state index contributed by atoms with van der Waals surface area (Å²) < 4.78 is 0. The van der Waals surface area contributed by atoms with E-state index in [0.29, 0.717) is 23.8 Å². The number of nitrogens with zero attached hydrogens (tertiary/aromatic N) is 3. The van der Waals surface area contributed by atoms with E-state index in [1.807, 2.05) is 6.07 Å². The van der Waals surface area contributed by atoms with E-state index < -0.39 is 0 Å². The summed E-state index contributed by atoms with van der Waals surface area (Å²) in [6, 6.07) is 5.58. The molecule has 0 aromatic carbocycles. The van der Waals surface area contributed by atoms with E-state index in [1.54, 1.807) is 24.1 Å². The van der Waals surface area contributed by atoms with E-state index in [2.05, 4.69) is 10.3 Å². The van der Waals surface area contributed by atoms with Crippen LogP contribution in [-0.4, -0.2) is 42.0 Å². The molecule has 5 nitrogen and oxygen atoms in total. The third-order valence-corrected chi connectivity index (χ3v) is 3.12. The van der Waals surface area contributed by atoms with Gasteiger partial charge >= 0.3 is 0 Å². The average Bonchev–Trinajstić information content (AvgIpc) is 2.91. The minimum atomic E-state index is -0.104. The normalized spacial score (nSPS) is 18.3. The molecular weight excluding hydrogens is 228 g/mol. The highest BCUT2D eigenvalue weighted by Gasteiger charge is 2.20. The monoisotopic (exact) mass is 244 g/mol. The number of hydrogen-bond acceptors (Lipinski definition) is 4. The zero-order valence-electron chi connectivity index (χ0n) is 10.4. The first-order valence-electron chi connectivity index (χ1n) is 6.05. The number of nitriles is 1. The number of likely N-dealkylation sites (N-methyl/N-ethyl adjacent to an activating group) is 1. The van der Waals surface area contributed by atoms with Crippen LogP contribution in [0, 0.1) is 11.3 Å². The fraction of sp³-hybridized carbons (Fsp3) is 0.462. The van der Waals surface area contributed by atoms with Gasteiger partial charge in [-0.2, -0.15) is 5.26 Å². The molecule has 1 amide bonds. The molecule has 0 aliphatic carbocycles. The van der Waals surface area contributed by atoms with E-state index in [9.17, 15) is 4.79 Å². The fourth-order valence-electron chi connectivity index (χ4n) is 2.11. The van der Waals surface area contributed by atoms with Crippen molar-refractivity contribution in [2.24, 2.45) is 0 Å². The second-order valence-electron chi connectivity index (χ2n) is 4.52. The molecule has 1 aliphatic heterocycles. The van der Waals surface area contributed by atoms with Gasteiger partial charge in [-0.1, -0.05) is 0 Å². The Kier molecular flexibility index (Phi) is 3.90. The van der Waals surface area contributed by atoms with Crippen LogP contribution < -0.4 is 5.32 Å². The minimum Gasteiger partial charge on any atom is -0.339 e. The highest BCUT2D eigenvalue weighted by Crippen LogP contribution is 2.08. The van der Waals surface area contributed by atoms with Crippen LogP contribution in [-0.2, 0) is 0 Å². The molecule has 1 aromatic rings. The standard InChI is InChI=1S/C13H16N4O/c1-17(9-11-3-2-6-15-11)13(18)12-5-4-10(7-14)8-16-12/h4-5,8,11,15H,2-3,6,9H2,1H3. The molecule has 0 spiro atoms. The Hall–Kier alpha value is -1.93. The fourth-order valence-corrected chi connectivity index (χ4v) is 2.11. The second kappa shape index (κ2) is 5.61. The van der Waals surface area contributed by atoms with Gasteiger partial charge < -0.3 is 10.2 Å². The number of hydrogen-bond donors (Lipinski definition) is 1. The summed E-state index contributed by atoms with van der Waals surface area (Å²) >= 11 is 0. The third-order valence-electron chi connectivity index (χ3n) is 3.12. The number of nitrogens with one attached hydrogen (secondary N) is 1. The molecule has 1 N–H and O–H groups in total. The highest BCUT2D eigenvalue weighted by molar-refractivity contribution is 5.92. The van der Waals surface area contributed by atoms with Crippen molar-refractivity contribution in [1.29, 1.82) is 5.26 Å². The van der Waals surface area contributed by atoms with Crippen molar-refractivity contribution in [2.75, 3.05) is 20.1 Å². The van der Waals surface area contributed by atoms with Crippen LogP contribution in [0.25, 0.3) is 0 Å². The number of amides is 1. The predicted molar refractivity (Wildman–Crippen MR) is 66.9 cm³/mol. The Bertz CT molecular complexity index is 457. The number of carbonyl (C=O) groups excluding carboxylic acids is 1. The van der Waals surface area contributed by atoms with Crippen LogP contribution in [0.5, 0.6) is 0 Å². The van der Waals surface area contributed by atoms with Gasteiger partial charge in [-0.05, 0) is 31.5 Å². The van der Waals surface area contributed by atoms with Gasteiger partial charge in [0.2, 0.25) is 0 Å². The van der Waals surface area contributed by atoms with Gasteiger partial charge in [0.25, 0.3) is 5.91 Å². The van der Waals surface area contributed by atoms with Crippen molar-refractivity contribution < 1.29 is 4.79 Å². The maximum absolute atomic E-state index is 12.1. The summed E-state index contributed by atoms with van der Waals surface area (Å²) in [7, 11) is 1.78. The van der Waals surface area contributed by atoms with Crippen LogP contribution in [0.15, 0.2) is 18.3 Å². The van der Waals surface area contributed by atoms with Gasteiger partial charge in [-0.3, -0.25) is 4.79 Å². The summed E-state index contributed by atoms with van der Waals surface area (Å²) in [5.74, 6) is -0.104. The molecule has 94 valence electrons. The predicted octanol–water partition coefficient (Wildman–Crippen LogP) is 0.777. The lowest BCUT2D eigenvalue weighted by Gasteiger charge is -2.20. The molecule has 1 atom stereocenters. The van der Waals surface area contributed by atoms with E-state index in [1.165, 1.54) is 12.6 Å². The molecule has 1 saturated heterocycles. The van der Waals surface area contributed by atoms with Crippen molar-refractivity contribution in [3.05, 3.63) is 29.6 Å². The Balaban J connectivity index is 1.98. The van der Waals surface area contributed by atoms with E-state index in [0.717, 1.165) is 13.0 Å². The summed E-state index contributed by atoms with van der Waals surface area (Å²) in [6.07, 6.45) is 3.70. The molecule has 18 heavy (non-hydrogen) atoms. The van der Waals surface area contributed by atoms with Crippen LogP contribution >= 0.6 is 0 Å². The van der Waals surface area contributed by atoms with Crippen LogP contribution in [0.3, 0.4) is 0 Å². The van der Waals surface area contributed by atoms with Gasteiger partial charge in [0.1, 0.15) is 11.8 Å². The maximum atomic E-state index is 12.1. The molecule has 0 bridgehead atoms. The Labute approximate surface area is 106 Å². The van der Waals surface area contributed by atoms with Gasteiger partial charge in [-0.25, -0.2) is 4.98 Å². The third kappa shape index (κ3) is 2.84. The van der Waals surface area contributed by atoms with Gasteiger partial charge in [-0.15, -0.1) is 0 Å². The lowest BCUT2D eigenvalue weighted by Crippen LogP contribution is -2.38. The number of carbonyl (C=O) groups is 1. The van der Waals surface area contributed by atoms with Crippen molar-refractivity contribution in [2.45, 2.75) is 18.9 Å². The molecule has 1 aromatic heterocycles. The largest absolute Gasteiger partial charge is 0.339 e. The van der Waals surface area contributed by atoms with E-state index >= 15 is 0 Å². The molecule has 2 rings (SSSR count). The SMILES string of the molecule is CN(CC1CCCN1)C(=O)c1ccc(C#N)cn1. The number of aromatic nitrogens is 1. The maximum Gasteiger partial charge on any atom is 0.272 e. The topological polar surface area (TPSA) is 69.0 Å². The molecule has 1 fully saturated rings.